The Morgan fingerprint density at radius 1 is 1.02 bits per heavy atom. The molecule has 42 heavy (non-hydrogen) atoms. The van der Waals surface area contributed by atoms with Crippen LogP contribution in [0.1, 0.15) is 24.0 Å². The fraction of sp³-hybridized carbons (Fsp3) is 0.300. The number of hydrogen-bond donors (Lipinski definition) is 2. The third-order valence-corrected chi connectivity index (χ3v) is 8.51. The number of thiophene rings is 1. The van der Waals surface area contributed by atoms with Gasteiger partial charge in [0.1, 0.15) is 11.3 Å². The highest BCUT2D eigenvalue weighted by Crippen LogP contribution is 2.29. The van der Waals surface area contributed by atoms with Gasteiger partial charge in [0.05, 0.1) is 24.2 Å². The maximum absolute atomic E-state index is 14.9. The van der Waals surface area contributed by atoms with E-state index < -0.39 is 5.60 Å². The molecule has 1 saturated heterocycles. The van der Waals surface area contributed by atoms with E-state index >= 15 is 0 Å². The van der Waals surface area contributed by atoms with Crippen LogP contribution >= 0.6 is 36.2 Å². The number of nitrogens with two attached hydrogens (primary N) is 1. The van der Waals surface area contributed by atoms with Gasteiger partial charge in [0.15, 0.2) is 5.52 Å². The Balaban J connectivity index is 0.00000202. The number of piperidine rings is 1. The van der Waals surface area contributed by atoms with Crippen molar-refractivity contribution in [3.8, 4) is 22.4 Å². The van der Waals surface area contributed by atoms with Gasteiger partial charge in [-0.25, -0.2) is 9.37 Å². The molecule has 0 aliphatic carbocycles. The van der Waals surface area contributed by atoms with Crippen LogP contribution in [-0.2, 0) is 26.7 Å². The minimum absolute atomic E-state index is 0. The van der Waals surface area contributed by atoms with E-state index in [1.807, 2.05) is 53.2 Å². The van der Waals surface area contributed by atoms with Crippen molar-refractivity contribution in [2.75, 3.05) is 13.1 Å². The summed E-state index contributed by atoms with van der Waals surface area (Å²) in [6, 6.07) is 15.2. The first-order valence-electron chi connectivity index (χ1n) is 13.3. The van der Waals surface area contributed by atoms with Gasteiger partial charge in [0, 0.05) is 44.4 Å². The number of hydrogen-bond acceptors (Lipinski definition) is 7. The van der Waals surface area contributed by atoms with Gasteiger partial charge >= 0.3 is 0 Å². The molecule has 3 aromatic heterocycles. The summed E-state index contributed by atoms with van der Waals surface area (Å²) in [5.74, 6) is -0.222. The number of fused-ring (bicyclic) bond motifs is 1. The maximum atomic E-state index is 14.9. The van der Waals surface area contributed by atoms with Gasteiger partial charge in [0.2, 0.25) is 0 Å². The number of aromatic nitrogens is 4. The van der Waals surface area contributed by atoms with E-state index in [1.165, 1.54) is 10.9 Å². The summed E-state index contributed by atoms with van der Waals surface area (Å²) in [4.78, 5) is 20.1. The molecule has 0 amide bonds. The van der Waals surface area contributed by atoms with Gasteiger partial charge in [-0.2, -0.15) is 16.4 Å². The zero-order chi connectivity index (χ0) is 27.9. The third kappa shape index (κ3) is 6.29. The highest BCUT2D eigenvalue weighted by atomic mass is 35.5. The number of likely N-dealkylation sites (tertiary alicyclic amines) is 1. The zero-order valence-corrected chi connectivity index (χ0v) is 25.5. The molecule has 222 valence electrons. The van der Waals surface area contributed by atoms with Gasteiger partial charge in [-0.15, -0.1) is 24.8 Å². The molecule has 0 unspecified atom stereocenters. The second-order valence-electron chi connectivity index (χ2n) is 10.6. The first-order chi connectivity index (χ1) is 19.3. The van der Waals surface area contributed by atoms with Crippen molar-refractivity contribution in [1.29, 1.82) is 0 Å². The van der Waals surface area contributed by atoms with Crippen LogP contribution in [0.5, 0.6) is 0 Å². The van der Waals surface area contributed by atoms with Crippen LogP contribution in [0, 0.1) is 5.82 Å². The third-order valence-electron chi connectivity index (χ3n) is 7.83. The Hall–Kier alpha value is -3.12. The normalized spacial score (nSPS) is 14.9. The lowest BCUT2D eigenvalue weighted by Crippen LogP contribution is -2.47. The fourth-order valence-electron chi connectivity index (χ4n) is 5.46. The van der Waals surface area contributed by atoms with E-state index in [2.05, 4.69) is 15.0 Å². The summed E-state index contributed by atoms with van der Waals surface area (Å²) in [5.41, 5.74) is 10.4. The largest absolute Gasteiger partial charge is 0.388 e. The first kappa shape index (κ1) is 31.8. The van der Waals surface area contributed by atoms with Crippen LogP contribution in [0.4, 0.5) is 4.39 Å². The number of benzene rings is 2. The lowest BCUT2D eigenvalue weighted by Gasteiger charge is -2.38. The molecule has 4 heterocycles. The van der Waals surface area contributed by atoms with Crippen LogP contribution in [0.2, 0.25) is 0 Å². The smallest absolute Gasteiger partial charge is 0.281 e. The molecule has 0 radical (unpaired) electrons. The van der Waals surface area contributed by atoms with Gasteiger partial charge in [0.25, 0.3) is 5.56 Å². The van der Waals surface area contributed by atoms with Gasteiger partial charge in [-0.3, -0.25) is 18.9 Å². The fourth-order valence-corrected chi connectivity index (χ4v) is 6.12. The lowest BCUT2D eigenvalue weighted by molar-refractivity contribution is -0.0366. The highest BCUT2D eigenvalue weighted by Gasteiger charge is 2.33. The second-order valence-corrected chi connectivity index (χ2v) is 11.3. The van der Waals surface area contributed by atoms with Crippen LogP contribution in [0.3, 0.4) is 0 Å². The van der Waals surface area contributed by atoms with Gasteiger partial charge < -0.3 is 10.8 Å². The van der Waals surface area contributed by atoms with Crippen LogP contribution in [0.15, 0.2) is 70.4 Å². The van der Waals surface area contributed by atoms with Gasteiger partial charge in [-0.05, 0) is 52.4 Å². The molecule has 1 fully saturated rings. The molecule has 0 bridgehead atoms. The number of nitrogens with zero attached hydrogens (tertiary/aromatic N) is 5. The monoisotopic (exact) mass is 630 g/mol. The highest BCUT2D eigenvalue weighted by molar-refractivity contribution is 7.08. The van der Waals surface area contributed by atoms with Crippen molar-refractivity contribution in [1.82, 2.24) is 24.2 Å². The predicted octanol–water partition coefficient (Wildman–Crippen LogP) is 4.99. The zero-order valence-electron chi connectivity index (χ0n) is 23.1. The molecular formula is C30H33Cl2FN6O2S. The summed E-state index contributed by atoms with van der Waals surface area (Å²) < 4.78 is 18.0. The number of aliphatic hydroxyl groups is 1. The molecule has 1 aliphatic heterocycles. The average Bonchev–Trinajstić information content (AvgIpc) is 3.61. The molecule has 2 aromatic carbocycles. The minimum atomic E-state index is -1.06. The Morgan fingerprint density at radius 2 is 1.74 bits per heavy atom. The molecule has 1 aliphatic rings. The lowest BCUT2D eigenvalue weighted by atomic mass is 9.91. The quantitative estimate of drug-likeness (QED) is 0.263. The van der Waals surface area contributed by atoms with Crippen molar-refractivity contribution in [3.05, 3.63) is 92.9 Å². The van der Waals surface area contributed by atoms with Crippen molar-refractivity contribution < 1.29 is 9.50 Å². The Bertz CT molecular complexity index is 1710. The van der Waals surface area contributed by atoms with E-state index in [0.717, 1.165) is 27.9 Å². The van der Waals surface area contributed by atoms with Crippen LogP contribution in [0.25, 0.3) is 33.4 Å². The predicted molar refractivity (Wildman–Crippen MR) is 170 cm³/mol. The first-order valence-corrected chi connectivity index (χ1v) is 14.2. The standard InChI is InChI=1S/C30H31FN6O2S.2ClH/c1-35-28(21-4-2-20(15-32)3-5-21)26-27(34-35)29(38)37(19-33-26)18-30(39)9-11-36(12-10-30)16-23-7-6-22(14-25(23)31)24-8-13-40-17-24;;/h2-8,13-14,17,19,39H,9-12,15-16,18,32H2,1H3;2*1H. The minimum Gasteiger partial charge on any atom is -0.388 e. The second kappa shape index (κ2) is 13.0. The molecule has 0 saturated carbocycles. The summed E-state index contributed by atoms with van der Waals surface area (Å²) in [5, 5.41) is 19.8. The number of halogens is 3. The SMILES string of the molecule is Cl.Cl.Cn1nc2c(=O)n(CC3(O)CCN(Cc4ccc(-c5ccsc5)cc4F)CC3)cnc2c1-c1ccc(CN)cc1. The number of aryl methyl sites for hydroxylation is 1. The van der Waals surface area contributed by atoms with Gasteiger partial charge in [-0.1, -0.05) is 36.4 Å². The van der Waals surface area contributed by atoms with Crippen molar-refractivity contribution in [2.45, 2.75) is 38.1 Å². The molecular weight excluding hydrogens is 598 g/mol. The van der Waals surface area contributed by atoms with Crippen molar-refractivity contribution in [3.63, 3.8) is 0 Å². The average molecular weight is 632 g/mol. The van der Waals surface area contributed by atoms with Crippen molar-refractivity contribution in [2.24, 2.45) is 12.8 Å². The molecule has 0 atom stereocenters. The molecule has 0 spiro atoms. The summed E-state index contributed by atoms with van der Waals surface area (Å²) in [6.07, 6.45) is 2.43. The van der Waals surface area contributed by atoms with E-state index in [-0.39, 0.29) is 48.3 Å². The molecule has 5 aromatic rings. The van der Waals surface area contributed by atoms with Crippen LogP contribution < -0.4 is 11.3 Å². The van der Waals surface area contributed by atoms with Crippen LogP contribution in [-0.4, -0.2) is 48.0 Å². The Kier molecular flexibility index (Phi) is 9.87. The Labute approximate surface area is 259 Å². The molecule has 12 heteroatoms. The molecule has 3 N–H and O–H groups in total. The summed E-state index contributed by atoms with van der Waals surface area (Å²) in [6.45, 7) is 2.25. The number of rotatable bonds is 7. The molecule has 6 rings (SSSR count). The maximum Gasteiger partial charge on any atom is 0.281 e. The van der Waals surface area contributed by atoms with E-state index in [1.54, 1.807) is 29.1 Å². The summed E-state index contributed by atoms with van der Waals surface area (Å²) >= 11 is 1.59. The van der Waals surface area contributed by atoms with E-state index in [4.69, 9.17) is 5.73 Å². The molecule has 8 nitrogen and oxygen atoms in total. The Morgan fingerprint density at radius 3 is 2.38 bits per heavy atom. The van der Waals surface area contributed by atoms with E-state index in [0.29, 0.717) is 50.1 Å². The summed E-state index contributed by atoms with van der Waals surface area (Å²) in [7, 11) is 1.79. The van der Waals surface area contributed by atoms with Crippen molar-refractivity contribution >= 4 is 47.2 Å². The van der Waals surface area contributed by atoms with E-state index in [9.17, 15) is 14.3 Å². The topological polar surface area (TPSA) is 102 Å².